The van der Waals surface area contributed by atoms with Crippen LogP contribution in [0, 0.1) is 11.8 Å². The number of nitrogens with zero attached hydrogens (tertiary/aromatic N) is 2. The van der Waals surface area contributed by atoms with Crippen molar-refractivity contribution in [1.82, 2.24) is 10.3 Å². The average molecular weight is 257 g/mol. The molecular formula is C15H35N3. The lowest BCUT2D eigenvalue weighted by atomic mass is 9.80. The molecule has 0 spiro atoms. The van der Waals surface area contributed by atoms with Gasteiger partial charge in [0.25, 0.3) is 0 Å². The maximum Gasteiger partial charge on any atom is 0.110 e. The predicted molar refractivity (Wildman–Crippen MR) is 84.0 cm³/mol. The first kappa shape index (κ1) is 19.6. The third-order valence-electron chi connectivity index (χ3n) is 3.20. The third-order valence-corrected chi connectivity index (χ3v) is 3.20. The van der Waals surface area contributed by atoms with Gasteiger partial charge in [0.15, 0.2) is 0 Å². The summed E-state index contributed by atoms with van der Waals surface area (Å²) in [5.74, 6) is 1.74. The van der Waals surface area contributed by atoms with E-state index in [1.165, 1.54) is 25.7 Å². The summed E-state index contributed by atoms with van der Waals surface area (Å²) in [6, 6.07) is 0. The molecule has 0 radical (unpaired) electrons. The highest BCUT2D eigenvalue weighted by molar-refractivity contribution is 5.53. The zero-order valence-electron chi connectivity index (χ0n) is 13.7. The minimum Gasteiger partial charge on any atom is -0.364 e. The van der Waals surface area contributed by atoms with Gasteiger partial charge in [0, 0.05) is 20.6 Å². The maximum absolute atomic E-state index is 4.01. The molecule has 1 aliphatic rings. The van der Waals surface area contributed by atoms with E-state index in [-0.39, 0.29) is 0 Å². The van der Waals surface area contributed by atoms with Crippen LogP contribution >= 0.6 is 0 Å². The van der Waals surface area contributed by atoms with Crippen LogP contribution in [-0.2, 0) is 0 Å². The van der Waals surface area contributed by atoms with Crippen molar-refractivity contribution in [3.8, 4) is 0 Å². The normalized spacial score (nSPS) is 22.4. The molecule has 18 heavy (non-hydrogen) atoms. The summed E-state index contributed by atoms with van der Waals surface area (Å²) in [5.41, 5.74) is 2.77. The van der Waals surface area contributed by atoms with Gasteiger partial charge in [-0.1, -0.05) is 53.9 Å². The van der Waals surface area contributed by atoms with E-state index in [1.54, 1.807) is 0 Å². The second kappa shape index (κ2) is 14.3. The summed E-state index contributed by atoms with van der Waals surface area (Å²) in [4.78, 5) is 2.18. The smallest absolute Gasteiger partial charge is 0.110 e. The number of nitrogens with one attached hydrogen (secondary N) is 1. The lowest BCUT2D eigenvalue weighted by molar-refractivity contribution is 0.220. The van der Waals surface area contributed by atoms with Crippen LogP contribution in [0.3, 0.4) is 0 Å². The maximum atomic E-state index is 4.01. The molecule has 0 heterocycles. The molecule has 0 amide bonds. The summed E-state index contributed by atoms with van der Waals surface area (Å²) in [5, 5.41) is 4.01. The molecule has 1 N–H and O–H groups in total. The Kier molecular flexibility index (Phi) is 15.6. The van der Waals surface area contributed by atoms with Crippen LogP contribution in [0.15, 0.2) is 5.10 Å². The monoisotopic (exact) mass is 257 g/mol. The van der Waals surface area contributed by atoms with Gasteiger partial charge in [-0.25, -0.2) is 0 Å². The molecular weight excluding hydrogens is 222 g/mol. The van der Waals surface area contributed by atoms with E-state index in [2.05, 4.69) is 29.4 Å². The van der Waals surface area contributed by atoms with Crippen molar-refractivity contribution in [2.45, 2.75) is 60.3 Å². The first-order valence-corrected chi connectivity index (χ1v) is 7.64. The molecule has 1 aliphatic carbocycles. The van der Waals surface area contributed by atoms with Gasteiger partial charge in [-0.05, 0) is 18.3 Å². The minimum atomic E-state index is 0.858. The Morgan fingerprint density at radius 1 is 1.17 bits per heavy atom. The topological polar surface area (TPSA) is 27.6 Å². The van der Waals surface area contributed by atoms with Gasteiger partial charge in [0.1, 0.15) is 6.34 Å². The standard InChI is InChI=1S/C11H23N3.2C2H6/c1-10-6-4-5-7-11(10)8-14(3)9-13-12-2;2*1-2/h9-12H,4-8H2,1-3H3;2*1-2H3/b13-9-;;. The Morgan fingerprint density at radius 2 is 1.72 bits per heavy atom. The number of hydrogen-bond donors (Lipinski definition) is 1. The van der Waals surface area contributed by atoms with Crippen LogP contribution in [0.4, 0.5) is 0 Å². The van der Waals surface area contributed by atoms with Gasteiger partial charge in [-0.15, -0.1) is 0 Å². The van der Waals surface area contributed by atoms with Gasteiger partial charge in [-0.3, -0.25) is 0 Å². The second-order valence-corrected chi connectivity index (χ2v) is 4.43. The van der Waals surface area contributed by atoms with Crippen molar-refractivity contribution in [3.05, 3.63) is 0 Å². The molecule has 3 nitrogen and oxygen atoms in total. The van der Waals surface area contributed by atoms with Gasteiger partial charge in [-0.2, -0.15) is 5.10 Å². The molecule has 1 fully saturated rings. The van der Waals surface area contributed by atoms with E-state index in [9.17, 15) is 0 Å². The first-order chi connectivity index (χ1) is 8.74. The summed E-state index contributed by atoms with van der Waals surface area (Å²) in [7, 11) is 3.93. The molecule has 1 rings (SSSR count). The Balaban J connectivity index is 0. The second-order valence-electron chi connectivity index (χ2n) is 4.43. The van der Waals surface area contributed by atoms with Crippen LogP contribution < -0.4 is 5.43 Å². The molecule has 0 aromatic heterocycles. The van der Waals surface area contributed by atoms with E-state index >= 15 is 0 Å². The summed E-state index contributed by atoms with van der Waals surface area (Å²) in [6.07, 6.45) is 7.50. The van der Waals surface area contributed by atoms with Crippen LogP contribution in [0.2, 0.25) is 0 Å². The third kappa shape index (κ3) is 9.32. The van der Waals surface area contributed by atoms with Crippen molar-refractivity contribution in [3.63, 3.8) is 0 Å². The SMILES string of the molecule is CC.CC.CN/N=C\N(C)CC1CCCCC1C. The summed E-state index contributed by atoms with van der Waals surface area (Å²) < 4.78 is 0. The van der Waals surface area contributed by atoms with Crippen molar-refractivity contribution in [2.75, 3.05) is 20.6 Å². The van der Waals surface area contributed by atoms with E-state index in [0.29, 0.717) is 0 Å². The molecule has 0 saturated heterocycles. The highest BCUT2D eigenvalue weighted by Gasteiger charge is 2.21. The average Bonchev–Trinajstić information content (AvgIpc) is 2.43. The minimum absolute atomic E-state index is 0.858. The number of rotatable bonds is 4. The zero-order chi connectivity index (χ0) is 14.4. The van der Waals surface area contributed by atoms with Crippen LogP contribution in [0.25, 0.3) is 0 Å². The Hall–Kier alpha value is -0.730. The molecule has 3 heteroatoms. The predicted octanol–water partition coefficient (Wildman–Crippen LogP) is 3.96. The molecule has 0 bridgehead atoms. The van der Waals surface area contributed by atoms with E-state index in [1.807, 2.05) is 41.1 Å². The summed E-state index contributed by atoms with van der Waals surface area (Å²) >= 11 is 0. The van der Waals surface area contributed by atoms with Crippen LogP contribution in [0.5, 0.6) is 0 Å². The molecule has 0 aromatic carbocycles. The van der Waals surface area contributed by atoms with Crippen molar-refractivity contribution < 1.29 is 0 Å². The Morgan fingerprint density at radius 3 is 2.22 bits per heavy atom. The van der Waals surface area contributed by atoms with Crippen molar-refractivity contribution in [2.24, 2.45) is 16.9 Å². The molecule has 0 aliphatic heterocycles. The molecule has 0 aromatic rings. The Bertz CT molecular complexity index is 181. The highest BCUT2D eigenvalue weighted by Crippen LogP contribution is 2.29. The van der Waals surface area contributed by atoms with Crippen LogP contribution in [0.1, 0.15) is 60.3 Å². The number of hydrazone groups is 1. The van der Waals surface area contributed by atoms with E-state index < -0.39 is 0 Å². The summed E-state index contributed by atoms with van der Waals surface area (Å²) in [6.45, 7) is 11.5. The lowest BCUT2D eigenvalue weighted by Crippen LogP contribution is -2.30. The fraction of sp³-hybridized carbons (Fsp3) is 0.933. The van der Waals surface area contributed by atoms with Crippen molar-refractivity contribution >= 4 is 6.34 Å². The Labute approximate surface area is 115 Å². The molecule has 2 unspecified atom stereocenters. The van der Waals surface area contributed by atoms with Crippen molar-refractivity contribution in [1.29, 1.82) is 0 Å². The quantitative estimate of drug-likeness (QED) is 0.469. The largest absolute Gasteiger partial charge is 0.364 e. The molecule has 110 valence electrons. The van der Waals surface area contributed by atoms with E-state index in [0.717, 1.165) is 18.4 Å². The van der Waals surface area contributed by atoms with Gasteiger partial charge in [0.2, 0.25) is 0 Å². The lowest BCUT2D eigenvalue weighted by Gasteiger charge is -2.31. The fourth-order valence-corrected chi connectivity index (χ4v) is 2.24. The van der Waals surface area contributed by atoms with Gasteiger partial charge >= 0.3 is 0 Å². The fourth-order valence-electron chi connectivity index (χ4n) is 2.24. The van der Waals surface area contributed by atoms with Gasteiger partial charge in [0.05, 0.1) is 0 Å². The number of hydrogen-bond acceptors (Lipinski definition) is 2. The van der Waals surface area contributed by atoms with Gasteiger partial charge < -0.3 is 10.3 Å². The molecule has 2 atom stereocenters. The molecule has 1 saturated carbocycles. The van der Waals surface area contributed by atoms with E-state index in [4.69, 9.17) is 0 Å². The first-order valence-electron chi connectivity index (χ1n) is 7.64. The van der Waals surface area contributed by atoms with Crippen LogP contribution in [-0.4, -0.2) is 31.9 Å². The zero-order valence-corrected chi connectivity index (χ0v) is 13.7. The highest BCUT2D eigenvalue weighted by atomic mass is 15.3.